The van der Waals surface area contributed by atoms with Gasteiger partial charge in [0.2, 0.25) is 0 Å². The van der Waals surface area contributed by atoms with Crippen molar-refractivity contribution in [3.05, 3.63) is 96.6 Å². The van der Waals surface area contributed by atoms with E-state index in [2.05, 4.69) is 78.2 Å². The second-order valence-electron chi connectivity index (χ2n) is 7.36. The van der Waals surface area contributed by atoms with Gasteiger partial charge in [-0.05, 0) is 61.0 Å². The minimum absolute atomic E-state index is 0.903. The fraction of sp³-hybridized carbons (Fsp3) is 0.0385. The molecule has 3 heteroatoms. The maximum absolute atomic E-state index is 6.07. The van der Waals surface area contributed by atoms with Crippen LogP contribution in [0.15, 0.2) is 95.4 Å². The van der Waals surface area contributed by atoms with Gasteiger partial charge in [-0.3, -0.25) is 4.57 Å². The third kappa shape index (κ3) is 2.41. The van der Waals surface area contributed by atoms with Crippen LogP contribution in [0.4, 0.5) is 0 Å². The van der Waals surface area contributed by atoms with Gasteiger partial charge in [0.25, 0.3) is 0 Å². The van der Waals surface area contributed by atoms with Crippen LogP contribution in [-0.4, -0.2) is 9.55 Å². The minimum Gasteiger partial charge on any atom is -0.456 e. The molecule has 0 aliphatic carbocycles. The van der Waals surface area contributed by atoms with Crippen molar-refractivity contribution in [3.8, 4) is 17.1 Å². The van der Waals surface area contributed by atoms with E-state index in [0.717, 1.165) is 44.7 Å². The molecule has 0 bridgehead atoms. The standard InChI is InChI=1S/C26H18N2O/c1-17-8-7-13-24-25(17)20-16-18(14-15-23(20)29-24)26-27-21-11-5-6-12-22(21)28(26)19-9-3-2-4-10-19/h2-16H,1H3. The fourth-order valence-corrected chi connectivity index (χ4v) is 4.20. The van der Waals surface area contributed by atoms with Gasteiger partial charge in [-0.25, -0.2) is 4.98 Å². The number of hydrogen-bond acceptors (Lipinski definition) is 2. The molecule has 0 aliphatic heterocycles. The third-order valence-electron chi connectivity index (χ3n) is 5.54. The van der Waals surface area contributed by atoms with Gasteiger partial charge in [0.05, 0.1) is 11.0 Å². The summed E-state index contributed by atoms with van der Waals surface area (Å²) in [5, 5.41) is 2.30. The molecule has 3 nitrogen and oxygen atoms in total. The number of aryl methyl sites for hydroxylation is 1. The Kier molecular flexibility index (Phi) is 3.38. The first-order valence-electron chi connectivity index (χ1n) is 9.75. The summed E-state index contributed by atoms with van der Waals surface area (Å²) in [5.41, 5.74) is 7.30. The number of para-hydroxylation sites is 3. The molecular formula is C26H18N2O. The van der Waals surface area contributed by atoms with Gasteiger partial charge in [0.1, 0.15) is 17.0 Å². The molecule has 0 saturated carbocycles. The molecule has 6 aromatic rings. The Morgan fingerprint density at radius 1 is 0.759 bits per heavy atom. The van der Waals surface area contributed by atoms with Crippen LogP contribution < -0.4 is 0 Å². The lowest BCUT2D eigenvalue weighted by Crippen LogP contribution is -1.97. The molecule has 0 saturated heterocycles. The molecule has 0 N–H and O–H groups in total. The van der Waals surface area contributed by atoms with Crippen molar-refractivity contribution in [1.82, 2.24) is 9.55 Å². The van der Waals surface area contributed by atoms with Crippen LogP contribution in [0.1, 0.15) is 5.56 Å². The Morgan fingerprint density at radius 3 is 2.48 bits per heavy atom. The van der Waals surface area contributed by atoms with E-state index in [-0.39, 0.29) is 0 Å². The average molecular weight is 374 g/mol. The second-order valence-corrected chi connectivity index (χ2v) is 7.36. The molecule has 0 radical (unpaired) electrons. The molecule has 0 atom stereocenters. The number of imidazole rings is 1. The molecule has 0 aliphatic rings. The molecule has 0 fully saturated rings. The highest BCUT2D eigenvalue weighted by Crippen LogP contribution is 2.35. The summed E-state index contributed by atoms with van der Waals surface area (Å²) in [4.78, 5) is 4.99. The molecular weight excluding hydrogens is 356 g/mol. The monoisotopic (exact) mass is 374 g/mol. The molecule has 6 rings (SSSR count). The summed E-state index contributed by atoms with van der Waals surface area (Å²) >= 11 is 0. The molecule has 29 heavy (non-hydrogen) atoms. The Morgan fingerprint density at radius 2 is 1.59 bits per heavy atom. The normalized spacial score (nSPS) is 11.6. The maximum Gasteiger partial charge on any atom is 0.145 e. The summed E-state index contributed by atoms with van der Waals surface area (Å²) in [6, 6.07) is 31.2. The van der Waals surface area contributed by atoms with Crippen LogP contribution >= 0.6 is 0 Å². The van der Waals surface area contributed by atoms with E-state index in [1.807, 2.05) is 24.3 Å². The van der Waals surface area contributed by atoms with Crippen LogP contribution in [0.25, 0.3) is 50.0 Å². The van der Waals surface area contributed by atoms with Crippen LogP contribution in [-0.2, 0) is 0 Å². The average Bonchev–Trinajstić information content (AvgIpc) is 3.33. The topological polar surface area (TPSA) is 31.0 Å². The van der Waals surface area contributed by atoms with Gasteiger partial charge in [0, 0.05) is 22.0 Å². The smallest absolute Gasteiger partial charge is 0.145 e. The Balaban J connectivity index is 1.68. The van der Waals surface area contributed by atoms with Gasteiger partial charge in [-0.1, -0.05) is 42.5 Å². The SMILES string of the molecule is Cc1cccc2oc3ccc(-c4nc5ccccc5n4-c4ccccc4)cc3c12. The Hall–Kier alpha value is -3.85. The highest BCUT2D eigenvalue weighted by molar-refractivity contribution is 6.08. The number of furan rings is 1. The second kappa shape index (κ2) is 6.08. The lowest BCUT2D eigenvalue weighted by atomic mass is 10.1. The first kappa shape index (κ1) is 16.1. The van der Waals surface area contributed by atoms with Crippen LogP contribution in [0.5, 0.6) is 0 Å². The number of aromatic nitrogens is 2. The lowest BCUT2D eigenvalue weighted by molar-refractivity contribution is 0.669. The Labute approximate surface area is 167 Å². The van der Waals surface area contributed by atoms with Crippen LogP contribution in [0, 0.1) is 6.92 Å². The van der Waals surface area contributed by atoms with Crippen LogP contribution in [0.3, 0.4) is 0 Å². The third-order valence-corrected chi connectivity index (χ3v) is 5.54. The quantitative estimate of drug-likeness (QED) is 0.330. The largest absolute Gasteiger partial charge is 0.456 e. The van der Waals surface area contributed by atoms with Crippen molar-refractivity contribution in [1.29, 1.82) is 0 Å². The number of benzene rings is 4. The summed E-state index contributed by atoms with van der Waals surface area (Å²) in [6.45, 7) is 2.13. The number of rotatable bonds is 2. The predicted octanol–water partition coefficient (Wildman–Crippen LogP) is 6.90. The van der Waals surface area contributed by atoms with Crippen molar-refractivity contribution in [2.75, 3.05) is 0 Å². The van der Waals surface area contributed by atoms with E-state index < -0.39 is 0 Å². The maximum atomic E-state index is 6.07. The lowest BCUT2D eigenvalue weighted by Gasteiger charge is -2.09. The first-order chi connectivity index (χ1) is 14.3. The van der Waals surface area contributed by atoms with E-state index >= 15 is 0 Å². The fourth-order valence-electron chi connectivity index (χ4n) is 4.20. The van der Waals surface area contributed by atoms with Gasteiger partial charge in [0.15, 0.2) is 0 Å². The van der Waals surface area contributed by atoms with Gasteiger partial charge in [-0.2, -0.15) is 0 Å². The molecule has 2 heterocycles. The summed E-state index contributed by atoms with van der Waals surface area (Å²) in [5.74, 6) is 0.933. The number of fused-ring (bicyclic) bond motifs is 4. The summed E-state index contributed by atoms with van der Waals surface area (Å²) < 4.78 is 8.30. The van der Waals surface area contributed by atoms with Crippen molar-refractivity contribution >= 4 is 33.0 Å². The summed E-state index contributed by atoms with van der Waals surface area (Å²) in [6.07, 6.45) is 0. The van der Waals surface area contributed by atoms with Gasteiger partial charge in [-0.15, -0.1) is 0 Å². The minimum atomic E-state index is 0.903. The zero-order valence-corrected chi connectivity index (χ0v) is 16.0. The van der Waals surface area contributed by atoms with E-state index in [1.165, 1.54) is 10.9 Å². The van der Waals surface area contributed by atoms with Crippen molar-refractivity contribution in [3.63, 3.8) is 0 Å². The highest BCUT2D eigenvalue weighted by atomic mass is 16.3. The van der Waals surface area contributed by atoms with Crippen molar-refractivity contribution in [2.24, 2.45) is 0 Å². The predicted molar refractivity (Wildman–Crippen MR) is 119 cm³/mol. The van der Waals surface area contributed by atoms with Crippen molar-refractivity contribution < 1.29 is 4.42 Å². The Bertz CT molecular complexity index is 1510. The van der Waals surface area contributed by atoms with Crippen molar-refractivity contribution in [2.45, 2.75) is 6.92 Å². The highest BCUT2D eigenvalue weighted by Gasteiger charge is 2.16. The zero-order chi connectivity index (χ0) is 19.4. The summed E-state index contributed by atoms with van der Waals surface area (Å²) in [7, 11) is 0. The molecule has 0 amide bonds. The molecule has 2 aromatic heterocycles. The number of nitrogens with zero attached hydrogens (tertiary/aromatic N) is 2. The van der Waals surface area contributed by atoms with E-state index in [1.54, 1.807) is 0 Å². The van der Waals surface area contributed by atoms with E-state index in [9.17, 15) is 0 Å². The number of hydrogen-bond donors (Lipinski definition) is 0. The van der Waals surface area contributed by atoms with E-state index in [4.69, 9.17) is 9.40 Å². The first-order valence-corrected chi connectivity index (χ1v) is 9.75. The van der Waals surface area contributed by atoms with E-state index in [0.29, 0.717) is 0 Å². The molecule has 0 unspecified atom stereocenters. The molecule has 4 aromatic carbocycles. The zero-order valence-electron chi connectivity index (χ0n) is 16.0. The van der Waals surface area contributed by atoms with Gasteiger partial charge >= 0.3 is 0 Å². The molecule has 0 spiro atoms. The van der Waals surface area contributed by atoms with Crippen LogP contribution in [0.2, 0.25) is 0 Å². The van der Waals surface area contributed by atoms with Gasteiger partial charge < -0.3 is 4.42 Å². The molecule has 138 valence electrons.